The van der Waals surface area contributed by atoms with Crippen molar-refractivity contribution in [2.45, 2.75) is 57.8 Å². The fourth-order valence-electron chi connectivity index (χ4n) is 11.6. The fourth-order valence-corrected chi connectivity index (χ4v) is 11.6. The minimum Gasteiger partial charge on any atom is -0.310 e. The van der Waals surface area contributed by atoms with Crippen LogP contribution in [0.2, 0.25) is 0 Å². The van der Waals surface area contributed by atoms with Crippen molar-refractivity contribution >= 4 is 44.9 Å². The molecule has 2 nitrogen and oxygen atoms in total. The van der Waals surface area contributed by atoms with Crippen molar-refractivity contribution in [3.05, 3.63) is 300 Å². The van der Waals surface area contributed by atoms with Gasteiger partial charge in [-0.1, -0.05) is 236 Å². The molecule has 0 aliphatic heterocycles. The Bertz CT molecular complexity index is 3780. The van der Waals surface area contributed by atoms with E-state index in [9.17, 15) is 0 Å². The van der Waals surface area contributed by atoms with Gasteiger partial charge in [-0.2, -0.15) is 0 Å². The van der Waals surface area contributed by atoms with Crippen LogP contribution in [-0.4, -0.2) is 0 Å². The van der Waals surface area contributed by atoms with Crippen LogP contribution >= 0.6 is 0 Å². The lowest BCUT2D eigenvalue weighted by molar-refractivity contribution is 0.641. The molecule has 2 heteroatoms. The Morgan fingerprint density at radius 3 is 1.08 bits per heavy atom. The molecule has 75 heavy (non-hydrogen) atoms. The highest BCUT2D eigenvalue weighted by Gasteiger charge is 2.40. The normalized spacial score (nSPS) is 12.8. The lowest BCUT2D eigenvalue weighted by Crippen LogP contribution is -2.20. The summed E-state index contributed by atoms with van der Waals surface area (Å²) in [6, 6.07) is 98.6. The predicted octanol–water partition coefficient (Wildman–Crippen LogP) is 20.1. The number of rotatable bonds is 12. The van der Waals surface area contributed by atoms with Crippen molar-refractivity contribution in [1.29, 1.82) is 0 Å². The van der Waals surface area contributed by atoms with Gasteiger partial charge in [-0.25, -0.2) is 0 Å². The second kappa shape index (κ2) is 19.0. The van der Waals surface area contributed by atoms with Crippen LogP contribution in [0.3, 0.4) is 0 Å². The molecule has 1 aliphatic carbocycles. The topological polar surface area (TPSA) is 6.48 Å². The van der Waals surface area contributed by atoms with Crippen molar-refractivity contribution in [2.75, 3.05) is 9.80 Å². The van der Waals surface area contributed by atoms with E-state index in [4.69, 9.17) is 0 Å². The van der Waals surface area contributed by atoms with E-state index in [2.05, 4.69) is 318 Å². The number of anilines is 6. The first-order chi connectivity index (χ1) is 36.4. The summed E-state index contributed by atoms with van der Waals surface area (Å²) in [6.45, 7) is 14.1. The van der Waals surface area contributed by atoms with Gasteiger partial charge in [0.15, 0.2) is 0 Å². The van der Waals surface area contributed by atoms with E-state index >= 15 is 0 Å². The van der Waals surface area contributed by atoms with Gasteiger partial charge in [0.1, 0.15) is 0 Å². The van der Waals surface area contributed by atoms with Crippen molar-refractivity contribution < 1.29 is 0 Å². The van der Waals surface area contributed by atoms with Gasteiger partial charge in [-0.3, -0.25) is 0 Å². The Morgan fingerprint density at radius 1 is 0.293 bits per heavy atom. The largest absolute Gasteiger partial charge is 0.310 e. The number of benzene rings is 11. The van der Waals surface area contributed by atoms with Gasteiger partial charge in [-0.05, 0) is 145 Å². The molecule has 0 amide bonds. The molecule has 11 aromatic carbocycles. The molecule has 0 fully saturated rings. The maximum atomic E-state index is 2.51. The maximum Gasteiger partial charge on any atom is 0.0564 e. The molecule has 0 unspecified atom stereocenters. The molecule has 0 N–H and O–H groups in total. The highest BCUT2D eigenvalue weighted by Crippen LogP contribution is 2.57. The van der Waals surface area contributed by atoms with Crippen LogP contribution in [0.4, 0.5) is 34.1 Å². The third kappa shape index (κ3) is 8.61. The van der Waals surface area contributed by atoms with Crippen LogP contribution in [0, 0.1) is 0 Å². The van der Waals surface area contributed by atoms with Crippen LogP contribution in [0.1, 0.15) is 74.9 Å². The Labute approximate surface area is 443 Å². The van der Waals surface area contributed by atoms with Gasteiger partial charge in [-0.15, -0.1) is 0 Å². The monoisotopic (exact) mass is 966 g/mol. The van der Waals surface area contributed by atoms with Gasteiger partial charge in [0, 0.05) is 50.2 Å². The number of hydrogen-bond acceptors (Lipinski definition) is 2. The Balaban J connectivity index is 1.10. The number of hydrogen-bond donors (Lipinski definition) is 0. The molecule has 364 valence electrons. The standard InChI is InChI=1S/C73H62N2/c1-71(2,57-27-15-9-16-28-57)59-35-43-62(44-36-59)74(61-39-31-53(32-40-61)51-21-11-7-12-22-51)65-49-68-70(66-47-55-25-19-20-26-56(55)48-67(66)73(68,5)6)69(50-65)75(63-41-33-54(34-42-63)52-23-13-8-14-24-52)64-45-37-60(38-46-64)72(3,4)58-29-17-10-18-30-58/h7-50H,1-6H3. The summed E-state index contributed by atoms with van der Waals surface area (Å²) in [5, 5.41) is 2.49. The molecule has 0 atom stereocenters. The third-order valence-corrected chi connectivity index (χ3v) is 16.3. The first-order valence-corrected chi connectivity index (χ1v) is 26.4. The van der Waals surface area contributed by atoms with Crippen molar-refractivity contribution in [3.63, 3.8) is 0 Å². The van der Waals surface area contributed by atoms with Crippen LogP contribution in [0.25, 0.3) is 44.2 Å². The Hall–Kier alpha value is -8.72. The summed E-state index contributed by atoms with van der Waals surface area (Å²) in [5.74, 6) is 0. The molecule has 0 saturated heterocycles. The molecule has 0 saturated carbocycles. The summed E-state index contributed by atoms with van der Waals surface area (Å²) in [6.07, 6.45) is 0. The van der Waals surface area contributed by atoms with E-state index < -0.39 is 0 Å². The fraction of sp³-hybridized carbons (Fsp3) is 0.123. The zero-order valence-electron chi connectivity index (χ0n) is 43.8. The van der Waals surface area contributed by atoms with E-state index in [1.54, 1.807) is 0 Å². The molecule has 0 heterocycles. The first-order valence-electron chi connectivity index (χ1n) is 26.4. The minimum atomic E-state index is -0.335. The molecule has 11 aromatic rings. The van der Waals surface area contributed by atoms with E-state index in [0.29, 0.717) is 0 Å². The quantitative estimate of drug-likeness (QED) is 0.120. The Morgan fingerprint density at radius 2 is 0.640 bits per heavy atom. The zero-order valence-corrected chi connectivity index (χ0v) is 43.8. The lowest BCUT2D eigenvalue weighted by atomic mass is 9.78. The van der Waals surface area contributed by atoms with Gasteiger partial charge >= 0.3 is 0 Å². The highest BCUT2D eigenvalue weighted by atomic mass is 15.2. The van der Waals surface area contributed by atoms with Gasteiger partial charge in [0.05, 0.1) is 5.69 Å². The minimum absolute atomic E-state index is 0.190. The first kappa shape index (κ1) is 47.3. The van der Waals surface area contributed by atoms with Gasteiger partial charge < -0.3 is 9.80 Å². The zero-order chi connectivity index (χ0) is 51.3. The molecule has 12 rings (SSSR count). The summed E-state index contributed by atoms with van der Waals surface area (Å²) in [4.78, 5) is 4.98. The average molecular weight is 967 g/mol. The number of fused-ring (bicyclic) bond motifs is 4. The molecular formula is C73H62N2. The molecule has 0 bridgehead atoms. The SMILES string of the molecule is CC(C)(c1ccccc1)c1ccc(N(c2ccc(-c3ccccc3)cc2)c2cc(N(c3ccc(-c4ccccc4)cc3)c3ccc(C(C)(C)c4ccccc4)cc3)c3c(c2)C(C)(C)c2cc4ccccc4cc2-3)cc1. The number of nitrogens with zero attached hydrogens (tertiary/aromatic N) is 2. The third-order valence-electron chi connectivity index (χ3n) is 16.3. The van der Waals surface area contributed by atoms with Crippen LogP contribution in [-0.2, 0) is 16.2 Å². The van der Waals surface area contributed by atoms with Gasteiger partial charge in [0.25, 0.3) is 0 Å². The smallest absolute Gasteiger partial charge is 0.0564 e. The average Bonchev–Trinajstić information content (AvgIpc) is 3.70. The Kier molecular flexibility index (Phi) is 12.0. The second-order valence-corrected chi connectivity index (χ2v) is 21.8. The van der Waals surface area contributed by atoms with E-state index in [1.165, 1.54) is 77.5 Å². The van der Waals surface area contributed by atoms with Gasteiger partial charge in [0.2, 0.25) is 0 Å². The van der Waals surface area contributed by atoms with Crippen LogP contribution < -0.4 is 9.80 Å². The lowest BCUT2D eigenvalue weighted by Gasteiger charge is -2.33. The van der Waals surface area contributed by atoms with E-state index in [0.717, 1.165) is 34.1 Å². The summed E-state index contributed by atoms with van der Waals surface area (Å²) >= 11 is 0. The van der Waals surface area contributed by atoms with E-state index in [-0.39, 0.29) is 16.2 Å². The van der Waals surface area contributed by atoms with Crippen molar-refractivity contribution in [3.8, 4) is 33.4 Å². The van der Waals surface area contributed by atoms with Crippen molar-refractivity contribution in [1.82, 2.24) is 0 Å². The second-order valence-electron chi connectivity index (χ2n) is 21.8. The summed E-state index contributed by atoms with van der Waals surface area (Å²) in [5.41, 5.74) is 20.8. The summed E-state index contributed by atoms with van der Waals surface area (Å²) < 4.78 is 0. The molecule has 0 spiro atoms. The highest BCUT2D eigenvalue weighted by molar-refractivity contribution is 6.02. The van der Waals surface area contributed by atoms with Crippen LogP contribution in [0.5, 0.6) is 0 Å². The molecule has 0 aromatic heterocycles. The molecular weight excluding hydrogens is 905 g/mol. The van der Waals surface area contributed by atoms with E-state index in [1.807, 2.05) is 0 Å². The maximum absolute atomic E-state index is 2.51. The predicted molar refractivity (Wildman–Crippen MR) is 319 cm³/mol. The summed E-state index contributed by atoms with van der Waals surface area (Å²) in [7, 11) is 0. The molecule has 1 aliphatic rings. The van der Waals surface area contributed by atoms with Crippen molar-refractivity contribution in [2.24, 2.45) is 0 Å². The molecule has 0 radical (unpaired) electrons. The van der Waals surface area contributed by atoms with Crippen LogP contribution in [0.15, 0.2) is 267 Å².